The zero-order valence-corrected chi connectivity index (χ0v) is 13.0. The minimum Gasteiger partial charge on any atom is -0.328 e. The highest BCUT2D eigenvalue weighted by Gasteiger charge is 2.31. The van der Waals surface area contributed by atoms with Crippen molar-refractivity contribution in [3.05, 3.63) is 35.9 Å². The molecule has 0 bridgehead atoms. The Kier molecular flexibility index (Phi) is 4.64. The van der Waals surface area contributed by atoms with E-state index in [1.807, 2.05) is 0 Å². The minimum absolute atomic E-state index is 0.767. The van der Waals surface area contributed by atoms with E-state index in [1.165, 1.54) is 31.2 Å². The van der Waals surface area contributed by atoms with Gasteiger partial charge in [0, 0.05) is 25.4 Å². The minimum atomic E-state index is 0.767. The lowest BCUT2D eigenvalue weighted by molar-refractivity contribution is -0.897. The van der Waals surface area contributed by atoms with Crippen LogP contribution in [0.15, 0.2) is 30.3 Å². The Morgan fingerprint density at radius 3 is 2.11 bits per heavy atom. The van der Waals surface area contributed by atoms with Gasteiger partial charge in [-0.3, -0.25) is 4.90 Å². The second kappa shape index (κ2) is 6.06. The Bertz CT molecular complexity index is 372. The molecule has 1 aliphatic carbocycles. The van der Waals surface area contributed by atoms with Gasteiger partial charge in [-0.2, -0.15) is 0 Å². The normalized spacial score (nSPS) is 24.7. The van der Waals surface area contributed by atoms with Gasteiger partial charge < -0.3 is 4.48 Å². The van der Waals surface area contributed by atoms with E-state index in [9.17, 15) is 0 Å². The summed E-state index contributed by atoms with van der Waals surface area (Å²) in [6.07, 6.45) is 5.44. The van der Waals surface area contributed by atoms with Gasteiger partial charge in [-0.15, -0.1) is 0 Å². The van der Waals surface area contributed by atoms with Crippen molar-refractivity contribution in [2.45, 2.75) is 44.3 Å². The van der Waals surface area contributed by atoms with Gasteiger partial charge in [0.15, 0.2) is 0 Å². The highest BCUT2D eigenvalue weighted by molar-refractivity contribution is 5.14. The van der Waals surface area contributed by atoms with Gasteiger partial charge in [-0.05, 0) is 25.5 Å². The third kappa shape index (κ3) is 4.05. The predicted octanol–water partition coefficient (Wildman–Crippen LogP) is 3.14. The van der Waals surface area contributed by atoms with Gasteiger partial charge in [-0.25, -0.2) is 0 Å². The first-order valence-corrected chi connectivity index (χ1v) is 7.52. The van der Waals surface area contributed by atoms with E-state index in [2.05, 4.69) is 63.4 Å². The molecule has 0 unspecified atom stereocenters. The largest absolute Gasteiger partial charge is 0.328 e. The average Bonchev–Trinajstić information content (AvgIpc) is 2.39. The summed E-state index contributed by atoms with van der Waals surface area (Å²) in [6, 6.07) is 12.4. The maximum atomic E-state index is 2.54. The fourth-order valence-corrected chi connectivity index (χ4v) is 3.27. The van der Waals surface area contributed by atoms with Crippen LogP contribution in [0.1, 0.15) is 31.2 Å². The molecular weight excluding hydrogens is 232 g/mol. The first kappa shape index (κ1) is 14.5. The molecule has 0 aromatic heterocycles. The van der Waals surface area contributed by atoms with Crippen molar-refractivity contribution in [2.75, 3.05) is 28.2 Å². The zero-order valence-electron chi connectivity index (χ0n) is 13.0. The van der Waals surface area contributed by atoms with Crippen LogP contribution in [0.3, 0.4) is 0 Å². The van der Waals surface area contributed by atoms with E-state index in [0.717, 1.165) is 23.1 Å². The van der Waals surface area contributed by atoms with E-state index in [-0.39, 0.29) is 0 Å². The Morgan fingerprint density at radius 1 is 1.00 bits per heavy atom. The standard InChI is InChI=1S/C17H29N2/c1-18(14-15-8-6-5-7-9-15)16-10-12-17(13-11-16)19(2,3)4/h5-9,16-17H,10-14H2,1-4H3/q+1. The van der Waals surface area contributed by atoms with Gasteiger partial charge in [0.2, 0.25) is 0 Å². The summed E-state index contributed by atoms with van der Waals surface area (Å²) in [5.74, 6) is 0. The van der Waals surface area contributed by atoms with Crippen molar-refractivity contribution in [3.63, 3.8) is 0 Å². The van der Waals surface area contributed by atoms with Crippen LogP contribution in [0.2, 0.25) is 0 Å². The molecule has 1 saturated carbocycles. The lowest BCUT2D eigenvalue weighted by Crippen LogP contribution is -2.49. The van der Waals surface area contributed by atoms with E-state index in [4.69, 9.17) is 0 Å². The zero-order chi connectivity index (χ0) is 13.9. The molecular formula is C17H29N2+. The average molecular weight is 261 g/mol. The summed E-state index contributed by atoms with van der Waals surface area (Å²) >= 11 is 0. The molecule has 0 spiro atoms. The molecule has 0 aliphatic heterocycles. The van der Waals surface area contributed by atoms with Crippen LogP contribution in [0, 0.1) is 0 Å². The second-order valence-corrected chi connectivity index (χ2v) is 6.98. The highest BCUT2D eigenvalue weighted by Crippen LogP contribution is 2.27. The Balaban J connectivity index is 1.84. The predicted molar refractivity (Wildman–Crippen MR) is 82.0 cm³/mol. The summed E-state index contributed by atoms with van der Waals surface area (Å²) in [5.41, 5.74) is 1.43. The number of hydrogen-bond donors (Lipinski definition) is 0. The monoisotopic (exact) mass is 261 g/mol. The van der Waals surface area contributed by atoms with Crippen molar-refractivity contribution in [1.82, 2.24) is 4.90 Å². The topological polar surface area (TPSA) is 3.24 Å². The van der Waals surface area contributed by atoms with E-state index < -0.39 is 0 Å². The van der Waals surface area contributed by atoms with Crippen molar-refractivity contribution in [1.29, 1.82) is 0 Å². The van der Waals surface area contributed by atoms with E-state index in [0.29, 0.717) is 0 Å². The summed E-state index contributed by atoms with van der Waals surface area (Å²) < 4.78 is 1.12. The third-order valence-electron chi connectivity index (χ3n) is 4.66. The highest BCUT2D eigenvalue weighted by atomic mass is 15.3. The van der Waals surface area contributed by atoms with Crippen LogP contribution < -0.4 is 0 Å². The maximum Gasteiger partial charge on any atom is 0.0885 e. The molecule has 106 valence electrons. The number of benzene rings is 1. The van der Waals surface area contributed by atoms with Crippen LogP contribution in [0.5, 0.6) is 0 Å². The summed E-state index contributed by atoms with van der Waals surface area (Å²) in [6.45, 7) is 1.08. The first-order valence-electron chi connectivity index (χ1n) is 7.52. The molecule has 1 fully saturated rings. The molecule has 2 heteroatoms. The van der Waals surface area contributed by atoms with Crippen LogP contribution >= 0.6 is 0 Å². The summed E-state index contributed by atoms with van der Waals surface area (Å²) in [7, 11) is 9.28. The van der Waals surface area contributed by atoms with E-state index in [1.54, 1.807) is 0 Å². The van der Waals surface area contributed by atoms with Crippen molar-refractivity contribution < 1.29 is 4.48 Å². The molecule has 0 radical (unpaired) electrons. The molecule has 0 N–H and O–H groups in total. The number of quaternary nitrogens is 1. The van der Waals surface area contributed by atoms with Gasteiger partial charge in [0.05, 0.1) is 27.2 Å². The summed E-state index contributed by atoms with van der Waals surface area (Å²) in [5, 5.41) is 0. The third-order valence-corrected chi connectivity index (χ3v) is 4.66. The van der Waals surface area contributed by atoms with Gasteiger partial charge in [-0.1, -0.05) is 30.3 Å². The SMILES string of the molecule is CN(Cc1ccccc1)C1CCC([N+](C)(C)C)CC1. The number of rotatable bonds is 4. The van der Waals surface area contributed by atoms with Crippen LogP contribution in [0.25, 0.3) is 0 Å². The Morgan fingerprint density at radius 2 is 1.58 bits per heavy atom. The van der Waals surface area contributed by atoms with Crippen LogP contribution in [-0.2, 0) is 6.54 Å². The molecule has 0 heterocycles. The fraction of sp³-hybridized carbons (Fsp3) is 0.647. The molecule has 1 aromatic carbocycles. The van der Waals surface area contributed by atoms with Crippen LogP contribution in [0.4, 0.5) is 0 Å². The molecule has 2 rings (SSSR count). The Hall–Kier alpha value is -0.860. The van der Waals surface area contributed by atoms with Gasteiger partial charge >= 0.3 is 0 Å². The first-order chi connectivity index (χ1) is 8.97. The summed E-state index contributed by atoms with van der Waals surface area (Å²) in [4.78, 5) is 2.54. The lowest BCUT2D eigenvalue weighted by Gasteiger charge is -2.41. The Labute approximate surface area is 118 Å². The number of nitrogens with zero attached hydrogens (tertiary/aromatic N) is 2. The van der Waals surface area contributed by atoms with E-state index >= 15 is 0 Å². The fourth-order valence-electron chi connectivity index (χ4n) is 3.27. The number of hydrogen-bond acceptors (Lipinski definition) is 1. The van der Waals surface area contributed by atoms with Crippen molar-refractivity contribution >= 4 is 0 Å². The van der Waals surface area contributed by atoms with Gasteiger partial charge in [0.25, 0.3) is 0 Å². The van der Waals surface area contributed by atoms with Crippen molar-refractivity contribution in [3.8, 4) is 0 Å². The van der Waals surface area contributed by atoms with Crippen LogP contribution in [-0.4, -0.2) is 49.7 Å². The van der Waals surface area contributed by atoms with Crippen molar-refractivity contribution in [2.24, 2.45) is 0 Å². The molecule has 19 heavy (non-hydrogen) atoms. The maximum absolute atomic E-state index is 2.54. The molecule has 0 atom stereocenters. The quantitative estimate of drug-likeness (QED) is 0.753. The smallest absolute Gasteiger partial charge is 0.0885 e. The molecule has 0 amide bonds. The van der Waals surface area contributed by atoms with Gasteiger partial charge in [0.1, 0.15) is 0 Å². The second-order valence-electron chi connectivity index (χ2n) is 6.98. The molecule has 0 saturated heterocycles. The molecule has 1 aromatic rings. The molecule has 2 nitrogen and oxygen atoms in total. The lowest BCUT2D eigenvalue weighted by atomic mass is 9.88. The molecule has 1 aliphatic rings.